The van der Waals surface area contributed by atoms with Gasteiger partial charge >= 0.3 is 6.18 Å². The summed E-state index contributed by atoms with van der Waals surface area (Å²) in [5, 5.41) is 20.3. The summed E-state index contributed by atoms with van der Waals surface area (Å²) in [5.74, 6) is 1.62. The first kappa shape index (κ1) is 16.7. The van der Waals surface area contributed by atoms with Gasteiger partial charge in [-0.1, -0.05) is 0 Å². The third kappa shape index (κ3) is 5.31. The number of aliphatic hydroxyl groups excluding tert-OH is 1. The number of hydrogen-bond donors (Lipinski definition) is 2. The lowest BCUT2D eigenvalue weighted by molar-refractivity contribution is -0.137. The molecule has 2 N–H and O–H groups in total. The third-order valence-electron chi connectivity index (χ3n) is 2.47. The second kappa shape index (κ2) is 8.02. The van der Waals surface area contributed by atoms with Gasteiger partial charge in [0.1, 0.15) is 0 Å². The maximum atomic E-state index is 12.6. The average Bonchev–Trinajstić information content (AvgIpc) is 2.41. The molecule has 0 aliphatic heterocycles. The number of nitrogens with zero attached hydrogens (tertiary/aromatic N) is 1. The number of nitriles is 1. The van der Waals surface area contributed by atoms with Crippen molar-refractivity contribution in [1.82, 2.24) is 0 Å². The summed E-state index contributed by atoms with van der Waals surface area (Å²) in [6.45, 7) is 0.747. The molecule has 0 aromatic heterocycles. The lowest BCUT2D eigenvalue weighted by atomic mass is 10.1. The minimum Gasteiger partial charge on any atom is -0.396 e. The molecule has 0 saturated heterocycles. The highest BCUT2D eigenvalue weighted by Crippen LogP contribution is 2.32. The molecule has 0 unspecified atom stereocenters. The van der Waals surface area contributed by atoms with E-state index in [1.54, 1.807) is 17.8 Å². The molecule has 0 radical (unpaired) electrons. The zero-order valence-electron chi connectivity index (χ0n) is 10.7. The standard InChI is InChI=1S/C13H15F3N2OS/c14-13(15,16)12-3-2-11(8-10(12)9-17)18-4-7-20-6-1-5-19/h2-3,8,18-19H,1,4-7H2. The molecule has 0 heterocycles. The first-order chi connectivity index (χ1) is 9.49. The fourth-order valence-corrected chi connectivity index (χ4v) is 2.31. The van der Waals surface area contributed by atoms with Gasteiger partial charge < -0.3 is 10.4 Å². The van der Waals surface area contributed by atoms with Crippen LogP contribution in [-0.4, -0.2) is 29.8 Å². The number of benzene rings is 1. The van der Waals surface area contributed by atoms with Crippen LogP contribution in [0.15, 0.2) is 18.2 Å². The first-order valence-corrected chi connectivity index (χ1v) is 7.18. The van der Waals surface area contributed by atoms with E-state index < -0.39 is 11.7 Å². The summed E-state index contributed by atoms with van der Waals surface area (Å²) in [6.07, 6.45) is -3.78. The Hall–Kier alpha value is -1.39. The van der Waals surface area contributed by atoms with Gasteiger partial charge in [0, 0.05) is 24.6 Å². The predicted octanol–water partition coefficient (Wildman–Crippen LogP) is 3.10. The smallest absolute Gasteiger partial charge is 0.396 e. The van der Waals surface area contributed by atoms with Crippen molar-refractivity contribution in [1.29, 1.82) is 5.26 Å². The summed E-state index contributed by atoms with van der Waals surface area (Å²) in [7, 11) is 0. The van der Waals surface area contributed by atoms with Gasteiger partial charge in [-0.25, -0.2) is 0 Å². The second-order valence-electron chi connectivity index (χ2n) is 3.99. The predicted molar refractivity (Wildman–Crippen MR) is 73.7 cm³/mol. The van der Waals surface area contributed by atoms with Crippen LogP contribution in [-0.2, 0) is 6.18 Å². The normalized spacial score (nSPS) is 11.2. The Balaban J connectivity index is 2.55. The highest BCUT2D eigenvalue weighted by molar-refractivity contribution is 7.99. The average molecular weight is 304 g/mol. The second-order valence-corrected chi connectivity index (χ2v) is 5.21. The van der Waals surface area contributed by atoms with Crippen molar-refractivity contribution >= 4 is 17.4 Å². The quantitative estimate of drug-likeness (QED) is 0.760. The monoisotopic (exact) mass is 304 g/mol. The van der Waals surface area contributed by atoms with Crippen LogP contribution in [0.2, 0.25) is 0 Å². The molecule has 1 aromatic rings. The van der Waals surface area contributed by atoms with E-state index in [9.17, 15) is 13.2 Å². The number of thioether (sulfide) groups is 1. The highest BCUT2D eigenvalue weighted by atomic mass is 32.2. The maximum absolute atomic E-state index is 12.6. The van der Waals surface area contributed by atoms with Crippen molar-refractivity contribution in [3.05, 3.63) is 29.3 Å². The Labute approximate surface area is 119 Å². The molecule has 110 valence electrons. The van der Waals surface area contributed by atoms with E-state index in [0.717, 1.165) is 24.0 Å². The third-order valence-corrected chi connectivity index (χ3v) is 3.54. The number of rotatable bonds is 7. The van der Waals surface area contributed by atoms with Gasteiger partial charge in [-0.05, 0) is 30.4 Å². The minimum absolute atomic E-state index is 0.158. The molecule has 0 amide bonds. The Morgan fingerprint density at radius 3 is 2.65 bits per heavy atom. The zero-order valence-corrected chi connectivity index (χ0v) is 11.5. The number of anilines is 1. The van der Waals surface area contributed by atoms with Crippen molar-refractivity contribution in [2.75, 3.05) is 30.0 Å². The van der Waals surface area contributed by atoms with Gasteiger partial charge in [0.05, 0.1) is 17.2 Å². The van der Waals surface area contributed by atoms with Crippen LogP contribution in [0.3, 0.4) is 0 Å². The maximum Gasteiger partial charge on any atom is 0.417 e. The number of halogens is 3. The summed E-state index contributed by atoms with van der Waals surface area (Å²) < 4.78 is 37.8. The molecular weight excluding hydrogens is 289 g/mol. The van der Waals surface area contributed by atoms with Crippen LogP contribution >= 0.6 is 11.8 Å². The minimum atomic E-state index is -4.51. The molecule has 7 heteroatoms. The number of hydrogen-bond acceptors (Lipinski definition) is 4. The van der Waals surface area contributed by atoms with Gasteiger partial charge in [0.15, 0.2) is 0 Å². The Morgan fingerprint density at radius 2 is 2.05 bits per heavy atom. The highest BCUT2D eigenvalue weighted by Gasteiger charge is 2.33. The van der Waals surface area contributed by atoms with Crippen molar-refractivity contribution < 1.29 is 18.3 Å². The number of aliphatic hydroxyl groups is 1. The van der Waals surface area contributed by atoms with E-state index in [2.05, 4.69) is 5.32 Å². The summed E-state index contributed by atoms with van der Waals surface area (Å²) >= 11 is 1.65. The van der Waals surface area contributed by atoms with Crippen LogP contribution in [0.1, 0.15) is 17.5 Å². The van der Waals surface area contributed by atoms with Crippen molar-refractivity contribution in [3.63, 3.8) is 0 Å². The lowest BCUT2D eigenvalue weighted by Crippen LogP contribution is -2.09. The molecular formula is C13H15F3N2OS. The molecule has 0 aliphatic rings. The van der Waals surface area contributed by atoms with E-state index in [-0.39, 0.29) is 12.2 Å². The molecule has 0 bridgehead atoms. The van der Waals surface area contributed by atoms with Gasteiger partial charge in [-0.2, -0.15) is 30.2 Å². The molecule has 0 spiro atoms. The topological polar surface area (TPSA) is 56.0 Å². The van der Waals surface area contributed by atoms with Crippen LogP contribution in [0.25, 0.3) is 0 Å². The zero-order chi connectivity index (χ0) is 15.0. The molecule has 0 atom stereocenters. The van der Waals surface area contributed by atoms with E-state index in [4.69, 9.17) is 10.4 Å². The van der Waals surface area contributed by atoms with E-state index in [0.29, 0.717) is 12.2 Å². The van der Waals surface area contributed by atoms with Crippen LogP contribution in [0.4, 0.5) is 18.9 Å². The SMILES string of the molecule is N#Cc1cc(NCCSCCCO)ccc1C(F)(F)F. The van der Waals surface area contributed by atoms with Gasteiger partial charge in [0.2, 0.25) is 0 Å². The molecule has 0 aliphatic carbocycles. The van der Waals surface area contributed by atoms with Crippen molar-refractivity contribution in [2.45, 2.75) is 12.6 Å². The number of alkyl halides is 3. The first-order valence-electron chi connectivity index (χ1n) is 6.03. The van der Waals surface area contributed by atoms with E-state index in [1.807, 2.05) is 0 Å². The Morgan fingerprint density at radius 1 is 1.30 bits per heavy atom. The largest absolute Gasteiger partial charge is 0.417 e. The van der Waals surface area contributed by atoms with Gasteiger partial charge in [0.25, 0.3) is 0 Å². The summed E-state index contributed by atoms with van der Waals surface area (Å²) in [4.78, 5) is 0. The number of nitrogens with one attached hydrogen (secondary N) is 1. The molecule has 0 fully saturated rings. The molecule has 1 aromatic carbocycles. The van der Waals surface area contributed by atoms with Gasteiger partial charge in [-0.3, -0.25) is 0 Å². The molecule has 20 heavy (non-hydrogen) atoms. The van der Waals surface area contributed by atoms with Crippen LogP contribution in [0.5, 0.6) is 0 Å². The summed E-state index contributed by atoms with van der Waals surface area (Å²) in [5.41, 5.74) is -0.796. The van der Waals surface area contributed by atoms with E-state index >= 15 is 0 Å². The van der Waals surface area contributed by atoms with Crippen molar-refractivity contribution in [3.8, 4) is 6.07 Å². The fraction of sp³-hybridized carbons (Fsp3) is 0.462. The van der Waals surface area contributed by atoms with Crippen molar-refractivity contribution in [2.24, 2.45) is 0 Å². The Bertz CT molecular complexity index is 472. The molecule has 0 saturated carbocycles. The fourth-order valence-electron chi connectivity index (χ4n) is 1.53. The Kier molecular flexibility index (Phi) is 6.68. The lowest BCUT2D eigenvalue weighted by Gasteiger charge is -2.11. The van der Waals surface area contributed by atoms with E-state index in [1.165, 1.54) is 12.1 Å². The molecule has 1 rings (SSSR count). The summed E-state index contributed by atoms with van der Waals surface area (Å²) in [6, 6.07) is 5.02. The van der Waals surface area contributed by atoms with Gasteiger partial charge in [-0.15, -0.1) is 0 Å². The molecule has 3 nitrogen and oxygen atoms in total. The van der Waals surface area contributed by atoms with Crippen LogP contribution in [0, 0.1) is 11.3 Å². The van der Waals surface area contributed by atoms with Crippen LogP contribution < -0.4 is 5.32 Å².